The Hall–Kier alpha value is -2.54. The maximum Gasteiger partial charge on any atom is 0.0448 e. The van der Waals surface area contributed by atoms with Gasteiger partial charge in [-0.05, 0) is 79.8 Å². The van der Waals surface area contributed by atoms with E-state index in [0.29, 0.717) is 0 Å². The normalized spacial score (nSPS) is 14.6. The molecule has 1 heteroatoms. The molecule has 0 aliphatic heterocycles. The van der Waals surface area contributed by atoms with Crippen molar-refractivity contribution >= 4 is 11.4 Å². The number of anilines is 2. The third-order valence-electron chi connectivity index (χ3n) is 5.83. The lowest BCUT2D eigenvalue weighted by atomic mass is 9.82. The lowest BCUT2D eigenvalue weighted by molar-refractivity contribution is 0.558. The van der Waals surface area contributed by atoms with Crippen molar-refractivity contribution in [3.05, 3.63) is 83.4 Å². The minimum absolute atomic E-state index is 0.0179. The lowest BCUT2D eigenvalue weighted by Crippen LogP contribution is -2.38. The Kier molecular flexibility index (Phi) is 3.96. The van der Waals surface area contributed by atoms with E-state index < -0.39 is 0 Å². The van der Waals surface area contributed by atoms with Crippen LogP contribution in [-0.2, 0) is 5.41 Å². The summed E-state index contributed by atoms with van der Waals surface area (Å²) in [5.41, 5.74) is 9.49. The molecule has 4 rings (SSSR count). The third kappa shape index (κ3) is 2.77. The molecule has 0 heterocycles. The van der Waals surface area contributed by atoms with Crippen molar-refractivity contribution in [3.8, 4) is 11.1 Å². The molecule has 0 unspecified atom stereocenters. The molecular formula is C26H29N. The van der Waals surface area contributed by atoms with E-state index in [4.69, 9.17) is 0 Å². The summed E-state index contributed by atoms with van der Waals surface area (Å²) < 4.78 is 0. The smallest absolute Gasteiger partial charge is 0.0448 e. The van der Waals surface area contributed by atoms with Gasteiger partial charge in [-0.2, -0.15) is 0 Å². The topological polar surface area (TPSA) is 3.24 Å². The maximum absolute atomic E-state index is 2.47. The van der Waals surface area contributed by atoms with Gasteiger partial charge in [0.2, 0.25) is 0 Å². The first-order valence-electron chi connectivity index (χ1n) is 9.81. The molecule has 0 bridgehead atoms. The van der Waals surface area contributed by atoms with Crippen LogP contribution in [0.4, 0.5) is 11.4 Å². The number of hydrogen-bond donors (Lipinski definition) is 0. The van der Waals surface area contributed by atoms with Gasteiger partial charge in [0.05, 0.1) is 0 Å². The average molecular weight is 356 g/mol. The zero-order valence-corrected chi connectivity index (χ0v) is 17.3. The van der Waals surface area contributed by atoms with Gasteiger partial charge in [0.1, 0.15) is 0 Å². The Bertz CT molecular complexity index is 990. The summed E-state index contributed by atoms with van der Waals surface area (Å²) in [6, 6.07) is 24.4. The van der Waals surface area contributed by atoms with Crippen LogP contribution in [0.2, 0.25) is 0 Å². The fraction of sp³-hybridized carbons (Fsp3) is 0.308. The Morgan fingerprint density at radius 1 is 0.741 bits per heavy atom. The van der Waals surface area contributed by atoms with Gasteiger partial charge in [-0.3, -0.25) is 0 Å². The first-order valence-corrected chi connectivity index (χ1v) is 9.81. The minimum Gasteiger partial charge on any atom is -0.336 e. The summed E-state index contributed by atoms with van der Waals surface area (Å²) in [4.78, 5) is 2.47. The molecule has 0 N–H and O–H groups in total. The highest BCUT2D eigenvalue weighted by Crippen LogP contribution is 2.51. The predicted molar refractivity (Wildman–Crippen MR) is 117 cm³/mol. The van der Waals surface area contributed by atoms with Crippen molar-refractivity contribution in [3.63, 3.8) is 0 Å². The molecule has 3 aromatic rings. The van der Waals surface area contributed by atoms with Crippen LogP contribution in [-0.4, -0.2) is 5.54 Å². The quantitative estimate of drug-likeness (QED) is 0.468. The van der Waals surface area contributed by atoms with Crippen LogP contribution in [0.1, 0.15) is 51.3 Å². The number of benzene rings is 3. The van der Waals surface area contributed by atoms with Crippen LogP contribution in [0.3, 0.4) is 0 Å². The maximum atomic E-state index is 2.47. The van der Waals surface area contributed by atoms with Crippen LogP contribution in [0.15, 0.2) is 66.7 Å². The van der Waals surface area contributed by atoms with Gasteiger partial charge in [-0.1, -0.05) is 56.3 Å². The molecule has 27 heavy (non-hydrogen) atoms. The number of rotatable bonds is 2. The standard InChI is InChI=1S/C26H29N/c1-18-16-21-20-14-10-11-15-22(20)26(5,6)23(21)17-24(18)27(25(2,3)4)19-12-8-7-9-13-19/h7-17H,1-6H3. The molecule has 1 nitrogen and oxygen atoms in total. The Balaban J connectivity index is 1.95. The van der Waals surface area contributed by atoms with Crippen molar-refractivity contribution in [1.82, 2.24) is 0 Å². The van der Waals surface area contributed by atoms with Gasteiger partial charge < -0.3 is 4.90 Å². The Morgan fingerprint density at radius 2 is 1.37 bits per heavy atom. The molecule has 0 amide bonds. The van der Waals surface area contributed by atoms with E-state index in [9.17, 15) is 0 Å². The molecule has 0 aromatic heterocycles. The third-order valence-corrected chi connectivity index (χ3v) is 5.83. The Morgan fingerprint density at radius 3 is 2.04 bits per heavy atom. The fourth-order valence-electron chi connectivity index (χ4n) is 4.55. The van der Waals surface area contributed by atoms with Gasteiger partial charge in [0, 0.05) is 22.3 Å². The molecule has 0 atom stereocenters. The predicted octanol–water partition coefficient (Wildman–Crippen LogP) is 7.24. The van der Waals surface area contributed by atoms with Gasteiger partial charge in [-0.15, -0.1) is 0 Å². The molecule has 0 saturated heterocycles. The van der Waals surface area contributed by atoms with E-state index in [1.54, 1.807) is 0 Å². The summed E-state index contributed by atoms with van der Waals surface area (Å²) in [7, 11) is 0. The fourth-order valence-corrected chi connectivity index (χ4v) is 4.55. The molecule has 1 aliphatic rings. The molecule has 0 saturated carbocycles. The van der Waals surface area contributed by atoms with Gasteiger partial charge in [0.25, 0.3) is 0 Å². The number of aryl methyl sites for hydroxylation is 1. The second-order valence-corrected chi connectivity index (χ2v) is 9.20. The molecule has 138 valence electrons. The molecule has 0 fully saturated rings. The first-order chi connectivity index (χ1) is 12.7. The van der Waals surface area contributed by atoms with Crippen LogP contribution in [0.25, 0.3) is 11.1 Å². The molecule has 1 aliphatic carbocycles. The molecule has 0 radical (unpaired) electrons. The van der Waals surface area contributed by atoms with Crippen molar-refractivity contribution in [1.29, 1.82) is 0 Å². The molecule has 0 spiro atoms. The van der Waals surface area contributed by atoms with Crippen LogP contribution < -0.4 is 4.90 Å². The van der Waals surface area contributed by atoms with Gasteiger partial charge >= 0.3 is 0 Å². The van der Waals surface area contributed by atoms with E-state index in [1.165, 1.54) is 39.2 Å². The SMILES string of the molecule is Cc1cc2c(cc1N(c1ccccc1)C(C)(C)C)C(C)(C)c1ccccc1-2. The highest BCUT2D eigenvalue weighted by atomic mass is 15.2. The van der Waals surface area contributed by atoms with Crippen molar-refractivity contribution < 1.29 is 0 Å². The van der Waals surface area contributed by atoms with E-state index in [-0.39, 0.29) is 11.0 Å². The monoisotopic (exact) mass is 355 g/mol. The van der Waals surface area contributed by atoms with Crippen LogP contribution in [0.5, 0.6) is 0 Å². The zero-order valence-electron chi connectivity index (χ0n) is 17.3. The Labute approximate surface area is 163 Å². The summed E-state index contributed by atoms with van der Waals surface area (Å²) in [5, 5.41) is 0. The van der Waals surface area contributed by atoms with E-state index in [0.717, 1.165) is 0 Å². The highest BCUT2D eigenvalue weighted by Gasteiger charge is 2.37. The van der Waals surface area contributed by atoms with Gasteiger partial charge in [-0.25, -0.2) is 0 Å². The summed E-state index contributed by atoms with van der Waals surface area (Å²) in [6.07, 6.45) is 0. The van der Waals surface area contributed by atoms with Crippen molar-refractivity contribution in [2.24, 2.45) is 0 Å². The van der Waals surface area contributed by atoms with Crippen molar-refractivity contribution in [2.75, 3.05) is 4.90 Å². The molecular weight excluding hydrogens is 326 g/mol. The highest BCUT2D eigenvalue weighted by molar-refractivity contribution is 5.84. The number of hydrogen-bond acceptors (Lipinski definition) is 1. The average Bonchev–Trinajstić information content (AvgIpc) is 2.83. The van der Waals surface area contributed by atoms with E-state index in [2.05, 4.69) is 113 Å². The number of fused-ring (bicyclic) bond motifs is 3. The van der Waals surface area contributed by atoms with E-state index >= 15 is 0 Å². The zero-order chi connectivity index (χ0) is 19.4. The van der Waals surface area contributed by atoms with Crippen molar-refractivity contribution in [2.45, 2.75) is 52.5 Å². The lowest BCUT2D eigenvalue weighted by Gasteiger charge is -2.39. The summed E-state index contributed by atoms with van der Waals surface area (Å²) in [5.74, 6) is 0. The largest absolute Gasteiger partial charge is 0.336 e. The number of nitrogens with zero attached hydrogens (tertiary/aromatic N) is 1. The number of para-hydroxylation sites is 1. The van der Waals surface area contributed by atoms with E-state index in [1.807, 2.05) is 0 Å². The second-order valence-electron chi connectivity index (χ2n) is 9.20. The molecule has 3 aromatic carbocycles. The van der Waals surface area contributed by atoms with Crippen LogP contribution in [0, 0.1) is 6.92 Å². The van der Waals surface area contributed by atoms with Crippen LogP contribution >= 0.6 is 0 Å². The van der Waals surface area contributed by atoms with Gasteiger partial charge in [0.15, 0.2) is 0 Å². The first kappa shape index (κ1) is 17.9. The minimum atomic E-state index is -0.0179. The summed E-state index contributed by atoms with van der Waals surface area (Å²) in [6.45, 7) is 13.8. The second kappa shape index (κ2) is 5.99. The summed E-state index contributed by atoms with van der Waals surface area (Å²) >= 11 is 0.